The second-order valence-electron chi connectivity index (χ2n) is 10.8. The number of nitrogens with one attached hydrogen (secondary N) is 3. The molecule has 234 valence electrons. The third kappa shape index (κ3) is 5.14. The lowest BCUT2D eigenvalue weighted by molar-refractivity contribution is 0.0695. The van der Waals surface area contributed by atoms with Gasteiger partial charge in [-0.05, 0) is 60.2 Å². The van der Waals surface area contributed by atoms with Crippen molar-refractivity contribution in [3.8, 4) is 5.88 Å². The molecule has 1 aliphatic rings. The summed E-state index contributed by atoms with van der Waals surface area (Å²) in [6.07, 6.45) is 1.08. The number of amides is 2. The fourth-order valence-corrected chi connectivity index (χ4v) is 5.55. The molecule has 15 nitrogen and oxygen atoms in total. The average Bonchev–Trinajstić information content (AvgIpc) is 3.63. The third-order valence-electron chi connectivity index (χ3n) is 8.02. The molecule has 5 aromatic rings. The average molecular weight is 629 g/mol. The predicted molar refractivity (Wildman–Crippen MR) is 160 cm³/mol. The van der Waals surface area contributed by atoms with Crippen LogP contribution in [0.15, 0.2) is 46.0 Å². The molecule has 7 N–H and O–H groups in total. The molecule has 1 atom stereocenters. The number of aromatic nitrogens is 4. The van der Waals surface area contributed by atoms with Crippen molar-refractivity contribution in [2.24, 2.45) is 0 Å². The second kappa shape index (κ2) is 11.4. The molecular weight excluding hydrogens is 603 g/mol. The summed E-state index contributed by atoms with van der Waals surface area (Å²) in [7, 11) is 0. The molecule has 0 radical (unpaired) electrons. The quantitative estimate of drug-likeness (QED) is 0.126. The van der Waals surface area contributed by atoms with Crippen LogP contribution in [0.5, 0.6) is 5.88 Å². The SMILES string of the molecule is Cc1c(C(=O)O)ccc2c1CC[C@@H]2NC(=O)c1cc(C(=O)NCc2ccc(F)c(CNc3c(N)c(=O)c3=O)c2)n2nnc(O)c2n1. The van der Waals surface area contributed by atoms with E-state index in [2.05, 4.69) is 31.2 Å². The third-order valence-corrected chi connectivity index (χ3v) is 8.02. The summed E-state index contributed by atoms with van der Waals surface area (Å²) in [5.41, 5.74) is 6.09. The number of aromatic carboxylic acids is 1. The summed E-state index contributed by atoms with van der Waals surface area (Å²) in [5.74, 6) is -3.59. The number of nitrogens with zero attached hydrogens (tertiary/aromatic N) is 4. The number of carbonyl (C=O) groups excluding carboxylic acids is 2. The Morgan fingerprint density at radius 1 is 1.09 bits per heavy atom. The van der Waals surface area contributed by atoms with E-state index in [0.717, 1.165) is 15.6 Å². The van der Waals surface area contributed by atoms with Gasteiger partial charge in [-0.15, -0.1) is 0 Å². The molecule has 0 saturated carbocycles. The van der Waals surface area contributed by atoms with Gasteiger partial charge in [0.25, 0.3) is 28.6 Å². The van der Waals surface area contributed by atoms with E-state index < -0.39 is 46.4 Å². The second-order valence-corrected chi connectivity index (χ2v) is 10.8. The van der Waals surface area contributed by atoms with E-state index in [0.29, 0.717) is 24.0 Å². The summed E-state index contributed by atoms with van der Waals surface area (Å²) in [5, 5.41) is 35.1. The summed E-state index contributed by atoms with van der Waals surface area (Å²) in [6.45, 7) is 1.49. The van der Waals surface area contributed by atoms with Gasteiger partial charge in [0.15, 0.2) is 0 Å². The lowest BCUT2D eigenvalue weighted by atomic mass is 9.98. The maximum atomic E-state index is 14.4. The minimum atomic E-state index is -1.04. The fourth-order valence-electron chi connectivity index (χ4n) is 5.55. The van der Waals surface area contributed by atoms with E-state index in [4.69, 9.17) is 5.73 Å². The lowest BCUT2D eigenvalue weighted by Gasteiger charge is -2.16. The minimum absolute atomic E-state index is 0.0830. The smallest absolute Gasteiger partial charge is 0.335 e. The molecular formula is C30H25FN8O7. The van der Waals surface area contributed by atoms with Crippen molar-refractivity contribution >= 4 is 34.8 Å². The number of rotatable bonds is 9. The van der Waals surface area contributed by atoms with Crippen molar-refractivity contribution in [3.63, 3.8) is 0 Å². The van der Waals surface area contributed by atoms with Crippen molar-refractivity contribution < 1.29 is 29.0 Å². The highest BCUT2D eigenvalue weighted by Gasteiger charge is 2.29. The van der Waals surface area contributed by atoms with Crippen LogP contribution in [-0.4, -0.2) is 47.8 Å². The Morgan fingerprint density at radius 3 is 2.61 bits per heavy atom. The van der Waals surface area contributed by atoms with Crippen LogP contribution in [0.4, 0.5) is 15.8 Å². The molecule has 0 spiro atoms. The zero-order valence-corrected chi connectivity index (χ0v) is 24.0. The van der Waals surface area contributed by atoms with Gasteiger partial charge in [0, 0.05) is 24.7 Å². The topological polar surface area (TPSA) is 231 Å². The van der Waals surface area contributed by atoms with E-state index in [1.54, 1.807) is 13.0 Å². The Balaban J connectivity index is 1.19. The Kier molecular flexibility index (Phi) is 7.39. The number of aromatic hydroxyl groups is 1. The molecule has 16 heteroatoms. The van der Waals surface area contributed by atoms with Crippen molar-refractivity contribution in [3.05, 3.63) is 107 Å². The first-order chi connectivity index (χ1) is 21.9. The molecule has 2 amide bonds. The number of carboxylic acids is 1. The number of halogens is 1. The molecule has 0 aliphatic heterocycles. The highest BCUT2D eigenvalue weighted by molar-refractivity contribution is 5.98. The van der Waals surface area contributed by atoms with Crippen molar-refractivity contribution in [2.45, 2.75) is 38.9 Å². The first kappa shape index (κ1) is 29.9. The zero-order chi connectivity index (χ0) is 32.9. The van der Waals surface area contributed by atoms with Crippen molar-refractivity contribution in [1.82, 2.24) is 30.4 Å². The molecule has 2 heterocycles. The number of nitrogen functional groups attached to an aromatic ring is 1. The van der Waals surface area contributed by atoms with E-state index in [9.17, 15) is 38.6 Å². The van der Waals surface area contributed by atoms with Gasteiger partial charge < -0.3 is 31.9 Å². The summed E-state index contributed by atoms with van der Waals surface area (Å²) >= 11 is 0. The van der Waals surface area contributed by atoms with Crippen LogP contribution in [0.3, 0.4) is 0 Å². The molecule has 0 saturated heterocycles. The Morgan fingerprint density at radius 2 is 1.87 bits per heavy atom. The zero-order valence-electron chi connectivity index (χ0n) is 24.0. The maximum Gasteiger partial charge on any atom is 0.335 e. The van der Waals surface area contributed by atoms with Crippen molar-refractivity contribution in [2.75, 3.05) is 11.1 Å². The molecule has 0 fully saturated rings. The highest BCUT2D eigenvalue weighted by atomic mass is 19.1. The van der Waals surface area contributed by atoms with Crippen LogP contribution < -0.4 is 32.5 Å². The number of nitrogens with two attached hydrogens (primary N) is 1. The van der Waals surface area contributed by atoms with Crippen LogP contribution in [0.2, 0.25) is 0 Å². The number of benzene rings is 2. The maximum absolute atomic E-state index is 14.4. The number of hydrogen-bond acceptors (Lipinski definition) is 11. The minimum Gasteiger partial charge on any atom is -0.489 e. The molecule has 0 unspecified atom stereocenters. The largest absolute Gasteiger partial charge is 0.489 e. The van der Waals surface area contributed by atoms with Crippen LogP contribution >= 0.6 is 0 Å². The van der Waals surface area contributed by atoms with Gasteiger partial charge in [-0.25, -0.2) is 14.2 Å². The van der Waals surface area contributed by atoms with Gasteiger partial charge in [-0.2, -0.15) is 4.52 Å². The van der Waals surface area contributed by atoms with Gasteiger partial charge >= 0.3 is 5.97 Å². The van der Waals surface area contributed by atoms with E-state index >= 15 is 0 Å². The predicted octanol–water partition coefficient (Wildman–Crippen LogP) is 1.11. The normalized spacial score (nSPS) is 13.9. The van der Waals surface area contributed by atoms with Gasteiger partial charge in [0.2, 0.25) is 5.65 Å². The van der Waals surface area contributed by atoms with Gasteiger partial charge in [0.1, 0.15) is 28.6 Å². The number of hydrogen-bond donors (Lipinski definition) is 6. The Bertz CT molecular complexity index is 2170. The molecule has 3 aromatic carbocycles. The van der Waals surface area contributed by atoms with Gasteiger partial charge in [0.05, 0.1) is 11.6 Å². The number of carbonyl (C=O) groups is 3. The van der Waals surface area contributed by atoms with Crippen LogP contribution in [-0.2, 0) is 19.5 Å². The summed E-state index contributed by atoms with van der Waals surface area (Å²) < 4.78 is 15.4. The van der Waals surface area contributed by atoms with E-state index in [-0.39, 0.29) is 52.6 Å². The molecule has 6 rings (SSSR count). The first-order valence-corrected chi connectivity index (χ1v) is 13.9. The number of carboxylic acid groups (broad SMARTS) is 1. The Hall–Kier alpha value is -6.19. The number of fused-ring (bicyclic) bond motifs is 2. The standard InChI is InChI=1S/C30H25FN8O7/c1-12-15-5-7-19(17(15)4-3-16(12)30(45)46)36-27(42)20-9-21(39-26(35-20)29(44)37-38-39)28(43)34-10-13-2-6-18(31)14(8-13)11-33-23-22(32)24(40)25(23)41/h2-4,6,8-9,19,33,44H,5,7,10-11,32H2,1H3,(H,34,43)(H,36,42)(H,45,46)/t19-/m0/s1. The van der Waals surface area contributed by atoms with Crippen LogP contribution in [0.25, 0.3) is 5.65 Å². The van der Waals surface area contributed by atoms with Gasteiger partial charge in [-0.3, -0.25) is 19.2 Å². The fraction of sp³-hybridized carbons (Fsp3) is 0.200. The molecule has 0 bridgehead atoms. The molecule has 2 aromatic heterocycles. The molecule has 46 heavy (non-hydrogen) atoms. The number of anilines is 2. The highest BCUT2D eigenvalue weighted by Crippen LogP contribution is 2.35. The van der Waals surface area contributed by atoms with Gasteiger partial charge in [-0.1, -0.05) is 22.4 Å². The summed E-state index contributed by atoms with van der Waals surface area (Å²) in [4.78, 5) is 65.3. The Labute approximate surface area is 257 Å². The molecule has 1 aliphatic carbocycles. The lowest BCUT2D eigenvalue weighted by Crippen LogP contribution is -2.37. The van der Waals surface area contributed by atoms with Crippen LogP contribution in [0.1, 0.15) is 71.6 Å². The monoisotopic (exact) mass is 628 g/mol. The van der Waals surface area contributed by atoms with Crippen LogP contribution in [0, 0.1) is 12.7 Å². The van der Waals surface area contributed by atoms with E-state index in [1.165, 1.54) is 30.3 Å². The summed E-state index contributed by atoms with van der Waals surface area (Å²) in [6, 6.07) is 7.99. The van der Waals surface area contributed by atoms with E-state index in [1.807, 2.05) is 0 Å². The van der Waals surface area contributed by atoms with Crippen molar-refractivity contribution in [1.29, 1.82) is 0 Å². The first-order valence-electron chi connectivity index (χ1n) is 13.9.